The van der Waals surface area contributed by atoms with E-state index < -0.39 is 24.0 Å². The van der Waals surface area contributed by atoms with Gasteiger partial charge in [0.25, 0.3) is 5.91 Å². The number of benzene rings is 1. The van der Waals surface area contributed by atoms with Gasteiger partial charge in [-0.25, -0.2) is 4.79 Å². The Morgan fingerprint density at radius 1 is 1.26 bits per heavy atom. The van der Waals surface area contributed by atoms with Crippen molar-refractivity contribution >= 4 is 34.6 Å². The van der Waals surface area contributed by atoms with Crippen LogP contribution in [0.4, 0.5) is 0 Å². The Labute approximate surface area is 197 Å². The highest BCUT2D eigenvalue weighted by Gasteiger charge is 2.47. The van der Waals surface area contributed by atoms with E-state index in [0.717, 1.165) is 10.9 Å². The number of hydrogen-bond acceptors (Lipinski definition) is 6. The lowest BCUT2D eigenvalue weighted by molar-refractivity contribution is -0.148. The van der Waals surface area contributed by atoms with Gasteiger partial charge >= 0.3 is 5.97 Å². The Hall–Kier alpha value is -3.56. The molecule has 0 unspecified atom stereocenters. The van der Waals surface area contributed by atoms with Gasteiger partial charge in [-0.05, 0) is 37.5 Å². The molecule has 0 radical (unpaired) electrons. The van der Waals surface area contributed by atoms with Gasteiger partial charge in [0, 0.05) is 35.8 Å². The largest absolute Gasteiger partial charge is 0.496 e. The van der Waals surface area contributed by atoms with Gasteiger partial charge in [0.15, 0.2) is 0 Å². The summed E-state index contributed by atoms with van der Waals surface area (Å²) in [5.74, 6) is -1.22. The number of rotatable bonds is 8. The quantitative estimate of drug-likeness (QED) is 0.498. The summed E-state index contributed by atoms with van der Waals surface area (Å²) in [4.78, 5) is 55.5. The molecule has 1 aromatic carbocycles. The van der Waals surface area contributed by atoms with Crippen LogP contribution in [0, 0.1) is 11.8 Å². The molecule has 3 N–H and O–H groups in total. The molecule has 2 aliphatic heterocycles. The van der Waals surface area contributed by atoms with E-state index in [-0.39, 0.29) is 30.1 Å². The lowest BCUT2D eigenvalue weighted by Gasteiger charge is -2.46. The van der Waals surface area contributed by atoms with Crippen LogP contribution in [0.3, 0.4) is 0 Å². The predicted octanol–water partition coefficient (Wildman–Crippen LogP) is 1.21. The van der Waals surface area contributed by atoms with E-state index in [2.05, 4.69) is 15.6 Å². The number of nitrogens with one attached hydrogen (secondary N) is 3. The minimum Gasteiger partial charge on any atom is -0.496 e. The summed E-state index contributed by atoms with van der Waals surface area (Å²) in [7, 11) is 2.81. The number of fused-ring (bicyclic) bond motifs is 1. The molecule has 1 aromatic heterocycles. The maximum atomic E-state index is 13.3. The molecule has 2 fully saturated rings. The highest BCUT2D eigenvalue weighted by Crippen LogP contribution is 2.32. The van der Waals surface area contributed by atoms with Crippen molar-refractivity contribution in [2.75, 3.05) is 27.3 Å². The summed E-state index contributed by atoms with van der Waals surface area (Å²) < 4.78 is 10.2. The first-order valence-corrected chi connectivity index (χ1v) is 11.5. The standard InChI is InChI=1S/C24H30N4O6/c1-4-13-12-28(23(31)17-11-15-16(26-17)6-5-7-19(15)33-2)20(13)22(30)27-18(24(32)34-3)10-14-8-9-25-21(14)29/h5-7,11,13-14,18,20,26H,4,8-10,12H2,1-3H3,(H,25,29)(H,27,30)/t13-,14-,18-,20-/m0/s1. The first-order chi connectivity index (χ1) is 16.4. The van der Waals surface area contributed by atoms with E-state index >= 15 is 0 Å². The molecule has 10 heteroatoms. The van der Waals surface area contributed by atoms with Gasteiger partial charge < -0.3 is 30.0 Å². The van der Waals surface area contributed by atoms with Gasteiger partial charge in [0.2, 0.25) is 11.8 Å². The monoisotopic (exact) mass is 470 g/mol. The van der Waals surface area contributed by atoms with Crippen molar-refractivity contribution < 1.29 is 28.7 Å². The number of hydrogen-bond donors (Lipinski definition) is 3. The zero-order valence-electron chi connectivity index (χ0n) is 19.6. The highest BCUT2D eigenvalue weighted by molar-refractivity contribution is 6.02. The van der Waals surface area contributed by atoms with E-state index in [1.165, 1.54) is 12.0 Å². The summed E-state index contributed by atoms with van der Waals surface area (Å²) >= 11 is 0. The van der Waals surface area contributed by atoms with Crippen molar-refractivity contribution in [1.82, 2.24) is 20.5 Å². The number of ether oxygens (including phenoxy) is 2. The van der Waals surface area contributed by atoms with Crippen molar-refractivity contribution in [3.63, 3.8) is 0 Å². The number of esters is 1. The van der Waals surface area contributed by atoms with Gasteiger partial charge in [-0.1, -0.05) is 13.0 Å². The normalized spacial score (nSPS) is 22.6. The molecule has 0 saturated carbocycles. The van der Waals surface area contributed by atoms with Gasteiger partial charge in [-0.2, -0.15) is 0 Å². The number of carbonyl (C=O) groups is 4. The molecule has 2 saturated heterocycles. The van der Waals surface area contributed by atoms with Crippen LogP contribution in [-0.2, 0) is 19.1 Å². The summed E-state index contributed by atoms with van der Waals surface area (Å²) in [6.45, 7) is 2.94. The van der Waals surface area contributed by atoms with Crippen LogP contribution >= 0.6 is 0 Å². The minimum atomic E-state index is -0.959. The Kier molecular flexibility index (Phi) is 6.76. The average molecular weight is 471 g/mol. The third kappa shape index (κ3) is 4.32. The van der Waals surface area contributed by atoms with Crippen LogP contribution in [-0.4, -0.2) is 73.0 Å². The van der Waals surface area contributed by atoms with Crippen LogP contribution in [0.25, 0.3) is 10.9 Å². The van der Waals surface area contributed by atoms with E-state index in [9.17, 15) is 19.2 Å². The molecule has 34 heavy (non-hydrogen) atoms. The van der Waals surface area contributed by atoms with E-state index in [1.807, 2.05) is 25.1 Å². The fourth-order valence-corrected chi connectivity index (χ4v) is 4.84. The van der Waals surface area contributed by atoms with Crippen LogP contribution in [0.5, 0.6) is 5.75 Å². The van der Waals surface area contributed by atoms with Crippen molar-refractivity contribution in [2.45, 2.75) is 38.3 Å². The fraction of sp³-hybridized carbons (Fsp3) is 0.500. The lowest BCUT2D eigenvalue weighted by Crippen LogP contribution is -2.65. The number of likely N-dealkylation sites (tertiary alicyclic amines) is 1. The van der Waals surface area contributed by atoms with Crippen molar-refractivity contribution in [3.8, 4) is 5.75 Å². The summed E-state index contributed by atoms with van der Waals surface area (Å²) in [6.07, 6.45) is 1.46. The lowest BCUT2D eigenvalue weighted by atomic mass is 9.84. The number of amides is 3. The summed E-state index contributed by atoms with van der Waals surface area (Å²) in [6, 6.07) is 5.55. The van der Waals surface area contributed by atoms with E-state index in [0.29, 0.717) is 37.4 Å². The Morgan fingerprint density at radius 2 is 2.06 bits per heavy atom. The SMILES string of the molecule is CC[C@H]1CN(C(=O)c2cc3c(OC)cccc3[nH]2)[C@@H]1C(=O)N[C@@H](C[C@@H]1CCNC1=O)C(=O)OC. The first-order valence-electron chi connectivity index (χ1n) is 11.5. The second kappa shape index (κ2) is 9.74. The molecule has 0 aliphatic carbocycles. The molecule has 0 spiro atoms. The number of aromatic nitrogens is 1. The molecule has 3 heterocycles. The smallest absolute Gasteiger partial charge is 0.328 e. The van der Waals surface area contributed by atoms with Crippen molar-refractivity contribution in [1.29, 1.82) is 0 Å². The highest BCUT2D eigenvalue weighted by atomic mass is 16.5. The minimum absolute atomic E-state index is 0.0315. The zero-order chi connectivity index (χ0) is 24.4. The summed E-state index contributed by atoms with van der Waals surface area (Å²) in [5.41, 5.74) is 1.12. The third-order valence-electron chi connectivity index (χ3n) is 6.83. The van der Waals surface area contributed by atoms with Gasteiger partial charge in [0.05, 0.1) is 14.2 Å². The Bertz CT molecular complexity index is 1110. The zero-order valence-corrected chi connectivity index (χ0v) is 19.6. The second-order valence-electron chi connectivity index (χ2n) is 8.77. The maximum Gasteiger partial charge on any atom is 0.328 e. The Morgan fingerprint density at radius 3 is 2.71 bits per heavy atom. The molecule has 182 valence electrons. The Balaban J connectivity index is 1.51. The predicted molar refractivity (Wildman–Crippen MR) is 123 cm³/mol. The number of carbonyl (C=O) groups excluding carboxylic acids is 4. The molecule has 0 bridgehead atoms. The molecule has 4 atom stereocenters. The van der Waals surface area contributed by atoms with Gasteiger partial charge in [-0.15, -0.1) is 0 Å². The molecule has 2 aliphatic rings. The van der Waals surface area contributed by atoms with Gasteiger partial charge in [0.1, 0.15) is 23.5 Å². The number of methoxy groups -OCH3 is 2. The number of aromatic amines is 1. The molecular formula is C24H30N4O6. The number of nitrogens with zero attached hydrogens (tertiary/aromatic N) is 1. The molecular weight excluding hydrogens is 440 g/mol. The fourth-order valence-electron chi connectivity index (χ4n) is 4.84. The molecule has 2 aromatic rings. The average Bonchev–Trinajstić information content (AvgIpc) is 3.43. The second-order valence-corrected chi connectivity index (χ2v) is 8.77. The van der Waals surface area contributed by atoms with E-state index in [4.69, 9.17) is 9.47 Å². The van der Waals surface area contributed by atoms with E-state index in [1.54, 1.807) is 13.2 Å². The van der Waals surface area contributed by atoms with Crippen LogP contribution in [0.1, 0.15) is 36.7 Å². The van der Waals surface area contributed by atoms with Crippen LogP contribution in [0.15, 0.2) is 24.3 Å². The number of H-pyrrole nitrogens is 1. The third-order valence-corrected chi connectivity index (χ3v) is 6.83. The maximum absolute atomic E-state index is 13.3. The van der Waals surface area contributed by atoms with Crippen LogP contribution < -0.4 is 15.4 Å². The molecule has 4 rings (SSSR count). The molecule has 3 amide bonds. The topological polar surface area (TPSA) is 130 Å². The van der Waals surface area contributed by atoms with Crippen molar-refractivity contribution in [3.05, 3.63) is 30.0 Å². The molecule has 10 nitrogen and oxygen atoms in total. The first kappa shape index (κ1) is 23.6. The van der Waals surface area contributed by atoms with Crippen LogP contribution in [0.2, 0.25) is 0 Å². The van der Waals surface area contributed by atoms with Gasteiger partial charge in [-0.3, -0.25) is 14.4 Å². The van der Waals surface area contributed by atoms with Crippen molar-refractivity contribution in [2.24, 2.45) is 11.8 Å². The summed E-state index contributed by atoms with van der Waals surface area (Å²) in [5, 5.41) is 6.26.